The van der Waals surface area contributed by atoms with Crippen LogP contribution in [-0.2, 0) is 11.3 Å². The van der Waals surface area contributed by atoms with Crippen LogP contribution in [0.4, 0.5) is 0 Å². The third-order valence-corrected chi connectivity index (χ3v) is 5.76. The highest BCUT2D eigenvalue weighted by molar-refractivity contribution is 5.82. The SMILES string of the molecule is Cc1ccc(-n2cc(CN3CCN(C)C(=O)C3C)c(-c3cccc(C)c3)n2)cc1. The third-order valence-electron chi connectivity index (χ3n) is 5.76. The molecule has 1 aromatic heterocycles. The van der Waals surface area contributed by atoms with Crippen LogP contribution in [-0.4, -0.2) is 51.7 Å². The number of benzene rings is 2. The molecular weight excluding hydrogens is 360 g/mol. The van der Waals surface area contributed by atoms with E-state index in [1.54, 1.807) is 0 Å². The lowest BCUT2D eigenvalue weighted by atomic mass is 10.0. The summed E-state index contributed by atoms with van der Waals surface area (Å²) in [5.41, 5.74) is 6.71. The van der Waals surface area contributed by atoms with Crippen LogP contribution in [0.5, 0.6) is 0 Å². The van der Waals surface area contributed by atoms with Crippen molar-refractivity contribution >= 4 is 5.91 Å². The number of carbonyl (C=O) groups is 1. The first-order valence-electron chi connectivity index (χ1n) is 10.1. The molecule has 5 nitrogen and oxygen atoms in total. The summed E-state index contributed by atoms with van der Waals surface area (Å²) in [6.45, 7) is 8.51. The summed E-state index contributed by atoms with van der Waals surface area (Å²) in [5, 5.41) is 4.94. The fourth-order valence-electron chi connectivity index (χ4n) is 3.88. The number of hydrogen-bond acceptors (Lipinski definition) is 3. The maximum atomic E-state index is 12.4. The van der Waals surface area contributed by atoms with Crippen molar-refractivity contribution < 1.29 is 4.79 Å². The van der Waals surface area contributed by atoms with E-state index in [2.05, 4.69) is 73.5 Å². The largest absolute Gasteiger partial charge is 0.343 e. The van der Waals surface area contributed by atoms with Gasteiger partial charge in [0.2, 0.25) is 5.91 Å². The van der Waals surface area contributed by atoms with Crippen LogP contribution < -0.4 is 0 Å². The van der Waals surface area contributed by atoms with E-state index < -0.39 is 0 Å². The summed E-state index contributed by atoms with van der Waals surface area (Å²) in [7, 11) is 1.88. The predicted octanol–water partition coefficient (Wildman–Crippen LogP) is 3.82. The van der Waals surface area contributed by atoms with Gasteiger partial charge in [0.15, 0.2) is 0 Å². The van der Waals surface area contributed by atoms with E-state index in [0.717, 1.165) is 35.6 Å². The standard InChI is InChI=1S/C24H28N4O/c1-17-8-10-22(11-9-17)28-16-21(15-27-13-12-26(4)24(29)19(27)3)23(25-28)20-7-5-6-18(2)14-20/h5-11,14,16,19H,12-13,15H2,1-4H3. The Morgan fingerprint density at radius 3 is 2.52 bits per heavy atom. The number of rotatable bonds is 4. The Labute approximate surface area is 172 Å². The smallest absolute Gasteiger partial charge is 0.239 e. The van der Waals surface area contributed by atoms with Gasteiger partial charge in [0.1, 0.15) is 0 Å². The van der Waals surface area contributed by atoms with Gasteiger partial charge in [-0.05, 0) is 39.0 Å². The highest BCUT2D eigenvalue weighted by Crippen LogP contribution is 2.27. The second-order valence-corrected chi connectivity index (χ2v) is 8.06. The van der Waals surface area contributed by atoms with Crippen LogP contribution in [0, 0.1) is 13.8 Å². The molecule has 150 valence electrons. The number of carbonyl (C=O) groups excluding carboxylic acids is 1. The summed E-state index contributed by atoms with van der Waals surface area (Å²) in [4.78, 5) is 16.5. The van der Waals surface area contributed by atoms with Crippen molar-refractivity contribution in [2.75, 3.05) is 20.1 Å². The van der Waals surface area contributed by atoms with Crippen molar-refractivity contribution in [1.29, 1.82) is 0 Å². The Hall–Kier alpha value is -2.92. The molecular formula is C24H28N4O. The van der Waals surface area contributed by atoms with Crippen LogP contribution in [0.25, 0.3) is 16.9 Å². The van der Waals surface area contributed by atoms with Crippen LogP contribution in [0.1, 0.15) is 23.6 Å². The molecule has 1 amide bonds. The zero-order chi connectivity index (χ0) is 20.5. The number of piperazine rings is 1. The molecule has 1 unspecified atom stereocenters. The number of nitrogens with zero attached hydrogens (tertiary/aromatic N) is 4. The van der Waals surface area contributed by atoms with Crippen molar-refractivity contribution in [3.8, 4) is 16.9 Å². The first-order valence-corrected chi connectivity index (χ1v) is 10.1. The molecule has 1 fully saturated rings. The fourth-order valence-corrected chi connectivity index (χ4v) is 3.88. The van der Waals surface area contributed by atoms with Crippen LogP contribution >= 0.6 is 0 Å². The predicted molar refractivity (Wildman–Crippen MR) is 116 cm³/mol. The molecule has 1 aliphatic heterocycles. The Morgan fingerprint density at radius 2 is 1.79 bits per heavy atom. The minimum atomic E-state index is -0.123. The second kappa shape index (κ2) is 7.84. The first kappa shape index (κ1) is 19.4. The molecule has 0 bridgehead atoms. The number of hydrogen-bond donors (Lipinski definition) is 0. The normalized spacial score (nSPS) is 17.7. The molecule has 1 atom stereocenters. The van der Waals surface area contributed by atoms with E-state index in [-0.39, 0.29) is 11.9 Å². The average molecular weight is 389 g/mol. The Balaban J connectivity index is 1.73. The van der Waals surface area contributed by atoms with Gasteiger partial charge < -0.3 is 4.90 Å². The van der Waals surface area contributed by atoms with Gasteiger partial charge in [-0.2, -0.15) is 5.10 Å². The van der Waals surface area contributed by atoms with Crippen LogP contribution in [0.15, 0.2) is 54.7 Å². The molecule has 1 aliphatic rings. The summed E-state index contributed by atoms with van der Waals surface area (Å²) >= 11 is 0. The minimum absolute atomic E-state index is 0.123. The maximum Gasteiger partial charge on any atom is 0.239 e. The Morgan fingerprint density at radius 1 is 1.03 bits per heavy atom. The Bertz CT molecular complexity index is 1020. The molecule has 2 aromatic carbocycles. The second-order valence-electron chi connectivity index (χ2n) is 8.06. The number of likely N-dealkylation sites (N-methyl/N-ethyl adjacent to an activating group) is 1. The molecule has 4 rings (SSSR count). The molecule has 0 N–H and O–H groups in total. The van der Waals surface area contributed by atoms with Gasteiger partial charge >= 0.3 is 0 Å². The molecule has 0 radical (unpaired) electrons. The summed E-state index contributed by atoms with van der Waals surface area (Å²) in [6, 6.07) is 16.7. The fraction of sp³-hybridized carbons (Fsp3) is 0.333. The quantitative estimate of drug-likeness (QED) is 0.682. The maximum absolute atomic E-state index is 12.4. The number of aromatic nitrogens is 2. The van der Waals surface area contributed by atoms with Crippen LogP contribution in [0.2, 0.25) is 0 Å². The summed E-state index contributed by atoms with van der Waals surface area (Å²) < 4.78 is 1.95. The molecule has 0 spiro atoms. The zero-order valence-electron chi connectivity index (χ0n) is 17.6. The molecule has 3 aromatic rings. The van der Waals surface area contributed by atoms with E-state index >= 15 is 0 Å². The molecule has 0 saturated carbocycles. The molecule has 29 heavy (non-hydrogen) atoms. The monoisotopic (exact) mass is 388 g/mol. The zero-order valence-corrected chi connectivity index (χ0v) is 17.6. The third kappa shape index (κ3) is 3.96. The van der Waals surface area contributed by atoms with Gasteiger partial charge in [0.05, 0.1) is 17.4 Å². The molecule has 5 heteroatoms. The lowest BCUT2D eigenvalue weighted by Gasteiger charge is -2.37. The van der Waals surface area contributed by atoms with E-state index in [4.69, 9.17) is 5.10 Å². The van der Waals surface area contributed by atoms with Crippen molar-refractivity contribution in [2.24, 2.45) is 0 Å². The van der Waals surface area contributed by atoms with Crippen molar-refractivity contribution in [1.82, 2.24) is 19.6 Å². The van der Waals surface area contributed by atoms with E-state index in [1.807, 2.05) is 23.6 Å². The average Bonchev–Trinajstić information content (AvgIpc) is 3.13. The minimum Gasteiger partial charge on any atom is -0.343 e. The van der Waals surface area contributed by atoms with Crippen molar-refractivity contribution in [3.05, 3.63) is 71.4 Å². The van der Waals surface area contributed by atoms with Gasteiger partial charge in [-0.3, -0.25) is 9.69 Å². The van der Waals surface area contributed by atoms with Crippen LogP contribution in [0.3, 0.4) is 0 Å². The number of aryl methyl sites for hydroxylation is 2. The van der Waals surface area contributed by atoms with Gasteiger partial charge in [-0.25, -0.2) is 4.68 Å². The van der Waals surface area contributed by atoms with Gasteiger partial charge in [-0.15, -0.1) is 0 Å². The van der Waals surface area contributed by atoms with Gasteiger partial charge in [0.25, 0.3) is 0 Å². The van der Waals surface area contributed by atoms with E-state index in [1.165, 1.54) is 11.1 Å². The highest BCUT2D eigenvalue weighted by Gasteiger charge is 2.30. The highest BCUT2D eigenvalue weighted by atomic mass is 16.2. The Kier molecular flexibility index (Phi) is 5.24. The van der Waals surface area contributed by atoms with Gasteiger partial charge in [-0.1, -0.05) is 41.5 Å². The van der Waals surface area contributed by atoms with E-state index in [9.17, 15) is 4.79 Å². The van der Waals surface area contributed by atoms with Gasteiger partial charge in [0, 0.05) is 44.0 Å². The lowest BCUT2D eigenvalue weighted by Crippen LogP contribution is -2.53. The summed E-state index contributed by atoms with van der Waals surface area (Å²) in [6.07, 6.45) is 2.11. The molecule has 1 saturated heterocycles. The molecule has 0 aliphatic carbocycles. The topological polar surface area (TPSA) is 41.4 Å². The first-order chi connectivity index (χ1) is 13.9. The lowest BCUT2D eigenvalue weighted by molar-refractivity contribution is -0.139. The van der Waals surface area contributed by atoms with Crippen molar-refractivity contribution in [3.63, 3.8) is 0 Å². The molecule has 2 heterocycles. The van der Waals surface area contributed by atoms with E-state index in [0.29, 0.717) is 6.54 Å². The number of amides is 1. The van der Waals surface area contributed by atoms with Crippen molar-refractivity contribution in [2.45, 2.75) is 33.4 Å². The summed E-state index contributed by atoms with van der Waals surface area (Å²) in [5.74, 6) is 0.180.